The molecular formula is C28H25BrF4N4O4. The molecule has 4 aliphatic heterocycles. The first kappa shape index (κ1) is 27.8. The number of nitrogens with one attached hydrogen (secondary N) is 1. The Hall–Kier alpha value is -3.32. The van der Waals surface area contributed by atoms with Gasteiger partial charge in [0.2, 0.25) is 0 Å². The van der Waals surface area contributed by atoms with E-state index < -0.39 is 41.7 Å². The van der Waals surface area contributed by atoms with Gasteiger partial charge in [-0.2, -0.15) is 13.2 Å². The van der Waals surface area contributed by atoms with Gasteiger partial charge in [-0.25, -0.2) is 9.38 Å². The van der Waals surface area contributed by atoms with Crippen LogP contribution >= 0.6 is 15.9 Å². The zero-order chi connectivity index (χ0) is 29.1. The Morgan fingerprint density at radius 1 is 1.12 bits per heavy atom. The Bertz CT molecular complexity index is 1440. The Labute approximate surface area is 240 Å². The highest BCUT2D eigenvalue weighted by Gasteiger charge is 2.43. The third kappa shape index (κ3) is 5.25. The van der Waals surface area contributed by atoms with Gasteiger partial charge in [0.15, 0.2) is 6.17 Å². The molecule has 3 fully saturated rings. The van der Waals surface area contributed by atoms with Gasteiger partial charge < -0.3 is 19.9 Å². The van der Waals surface area contributed by atoms with Crippen LogP contribution in [-0.4, -0.2) is 79.9 Å². The van der Waals surface area contributed by atoms with Gasteiger partial charge in [0.1, 0.15) is 0 Å². The molecule has 8 nitrogen and oxygen atoms in total. The third-order valence-electron chi connectivity index (χ3n) is 8.09. The molecule has 4 heterocycles. The molecule has 41 heavy (non-hydrogen) atoms. The van der Waals surface area contributed by atoms with Crippen LogP contribution in [0.4, 0.5) is 23.2 Å². The molecule has 0 aromatic heterocycles. The van der Waals surface area contributed by atoms with Gasteiger partial charge in [0.05, 0.1) is 41.3 Å². The average molecular weight is 637 g/mol. The van der Waals surface area contributed by atoms with E-state index in [-0.39, 0.29) is 57.5 Å². The summed E-state index contributed by atoms with van der Waals surface area (Å²) >= 11 is 3.15. The van der Waals surface area contributed by atoms with E-state index in [1.807, 2.05) is 0 Å². The number of rotatable bonds is 4. The minimum Gasteiger partial charge on any atom is -0.381 e. The summed E-state index contributed by atoms with van der Waals surface area (Å²) in [5, 5.41) is 2.77. The lowest BCUT2D eigenvalue weighted by atomic mass is 9.91. The van der Waals surface area contributed by atoms with E-state index in [1.54, 1.807) is 4.90 Å². The highest BCUT2D eigenvalue weighted by molar-refractivity contribution is 9.10. The maximum atomic E-state index is 14.3. The molecule has 0 saturated carbocycles. The number of likely N-dealkylation sites (tertiary alicyclic amines) is 1. The van der Waals surface area contributed by atoms with E-state index in [0.717, 1.165) is 12.1 Å². The summed E-state index contributed by atoms with van der Waals surface area (Å²) in [5.41, 5.74) is -1.24. The monoisotopic (exact) mass is 636 g/mol. The topological polar surface area (TPSA) is 91.3 Å². The van der Waals surface area contributed by atoms with Crippen LogP contribution in [0.5, 0.6) is 0 Å². The number of alkyl halides is 4. The predicted molar refractivity (Wildman–Crippen MR) is 144 cm³/mol. The van der Waals surface area contributed by atoms with Crippen LogP contribution in [0, 0.1) is 11.8 Å². The largest absolute Gasteiger partial charge is 0.418 e. The van der Waals surface area contributed by atoms with Crippen molar-refractivity contribution in [3.05, 3.63) is 63.2 Å². The molecule has 1 N–H and O–H groups in total. The Morgan fingerprint density at radius 3 is 2.56 bits per heavy atom. The third-order valence-corrected chi connectivity index (χ3v) is 8.55. The maximum absolute atomic E-state index is 14.3. The first-order valence-corrected chi connectivity index (χ1v) is 14.0. The molecular weight excluding hydrogens is 612 g/mol. The molecule has 3 unspecified atom stereocenters. The number of allylic oxidation sites excluding steroid dienone is 3. The summed E-state index contributed by atoms with van der Waals surface area (Å²) in [6, 6.07) is 1.79. The van der Waals surface area contributed by atoms with Gasteiger partial charge >= 0.3 is 6.18 Å². The molecule has 3 amide bonds. The summed E-state index contributed by atoms with van der Waals surface area (Å²) in [6.45, 7) is 2.03. The molecule has 1 aromatic carbocycles. The highest BCUT2D eigenvalue weighted by atomic mass is 79.9. The minimum atomic E-state index is -4.74. The van der Waals surface area contributed by atoms with E-state index in [2.05, 4.69) is 26.2 Å². The second-order valence-electron chi connectivity index (χ2n) is 10.8. The maximum Gasteiger partial charge on any atom is 0.418 e. The number of aliphatic imine (C=N–C) groups is 1. The number of hydrogen-bond acceptors (Lipinski definition) is 5. The van der Waals surface area contributed by atoms with Crippen molar-refractivity contribution in [2.45, 2.75) is 24.8 Å². The van der Waals surface area contributed by atoms with Gasteiger partial charge in [-0.1, -0.05) is 28.1 Å². The predicted octanol–water partition coefficient (Wildman–Crippen LogP) is 3.62. The molecule has 13 heteroatoms. The quantitative estimate of drug-likeness (QED) is 0.510. The summed E-state index contributed by atoms with van der Waals surface area (Å²) < 4.78 is 62.9. The van der Waals surface area contributed by atoms with E-state index in [4.69, 9.17) is 4.74 Å². The average Bonchev–Trinajstić information content (AvgIpc) is 3.64. The SMILES string of the molecule is O=C1C=C(C(=O)N[C@@H]2CCN(c3c(C(=O)N4CC5COCC5C4)cc(Br)cc3C(F)(F)F)C2)C2=CC=CC(F)C2=N1. The van der Waals surface area contributed by atoms with Crippen LogP contribution in [0.15, 0.2) is 57.0 Å². The fourth-order valence-electron chi connectivity index (χ4n) is 6.15. The molecule has 1 aliphatic carbocycles. The second-order valence-corrected chi connectivity index (χ2v) is 11.7. The van der Waals surface area contributed by atoms with Gasteiger partial charge in [-0.15, -0.1) is 0 Å². The van der Waals surface area contributed by atoms with Crippen molar-refractivity contribution in [3.63, 3.8) is 0 Å². The number of amides is 3. The summed E-state index contributed by atoms with van der Waals surface area (Å²) in [6.07, 6.45) is -0.923. The lowest BCUT2D eigenvalue weighted by Gasteiger charge is -2.28. The van der Waals surface area contributed by atoms with Crippen molar-refractivity contribution < 1.29 is 36.7 Å². The number of halogens is 5. The molecule has 0 radical (unpaired) electrons. The van der Waals surface area contributed by atoms with Crippen molar-refractivity contribution in [1.29, 1.82) is 0 Å². The van der Waals surface area contributed by atoms with Gasteiger partial charge in [-0.05, 0) is 24.6 Å². The fourth-order valence-corrected chi connectivity index (χ4v) is 6.61. The number of anilines is 1. The van der Waals surface area contributed by atoms with E-state index in [0.29, 0.717) is 32.7 Å². The molecule has 3 saturated heterocycles. The zero-order valence-electron chi connectivity index (χ0n) is 21.6. The fraction of sp³-hybridized carbons (Fsp3) is 0.429. The number of benzene rings is 1. The molecule has 0 bridgehead atoms. The minimum absolute atomic E-state index is 0.00266. The molecule has 0 spiro atoms. The number of nitrogens with zero attached hydrogens (tertiary/aromatic N) is 3. The molecule has 216 valence electrons. The number of dihydropyridines is 1. The van der Waals surface area contributed by atoms with Gasteiger partial charge in [0.25, 0.3) is 17.7 Å². The van der Waals surface area contributed by atoms with Crippen LogP contribution in [0.1, 0.15) is 22.3 Å². The van der Waals surface area contributed by atoms with Crippen molar-refractivity contribution in [1.82, 2.24) is 10.2 Å². The molecule has 6 rings (SSSR count). The van der Waals surface area contributed by atoms with Gasteiger partial charge in [-0.3, -0.25) is 14.4 Å². The van der Waals surface area contributed by atoms with Crippen LogP contribution in [-0.2, 0) is 20.5 Å². The normalized spacial score (nSPS) is 27.3. The standard InChI is InChI=1S/C28H25BrF4N4O4/c29-16-6-20(27(40)37-9-14-12-41-13-15(14)10-37)25(21(7-16)28(31,32)33)36-5-4-17(11-36)34-26(39)19-8-23(38)35-24-18(19)2-1-3-22(24)30/h1-3,6-8,14-15,17,22H,4-5,9-13H2,(H,34,39)/t14?,15?,17-,22?/m1/s1. The van der Waals surface area contributed by atoms with E-state index >= 15 is 0 Å². The van der Waals surface area contributed by atoms with Crippen LogP contribution in [0.2, 0.25) is 0 Å². The van der Waals surface area contributed by atoms with Crippen molar-refractivity contribution >= 4 is 45.1 Å². The number of fused-ring (bicyclic) bond motifs is 2. The second kappa shape index (κ2) is 10.5. The lowest BCUT2D eigenvalue weighted by Crippen LogP contribution is -2.40. The van der Waals surface area contributed by atoms with E-state index in [9.17, 15) is 31.9 Å². The zero-order valence-corrected chi connectivity index (χ0v) is 23.2. The molecule has 4 atom stereocenters. The summed E-state index contributed by atoms with van der Waals surface area (Å²) in [4.78, 5) is 45.6. The smallest absolute Gasteiger partial charge is 0.381 e. The first-order chi connectivity index (χ1) is 19.5. The molecule has 5 aliphatic rings. The van der Waals surface area contributed by atoms with Crippen LogP contribution < -0.4 is 10.2 Å². The summed E-state index contributed by atoms with van der Waals surface area (Å²) in [7, 11) is 0. The Morgan fingerprint density at radius 2 is 1.85 bits per heavy atom. The first-order valence-electron chi connectivity index (χ1n) is 13.2. The summed E-state index contributed by atoms with van der Waals surface area (Å²) in [5.74, 6) is -1.57. The van der Waals surface area contributed by atoms with Crippen LogP contribution in [0.3, 0.4) is 0 Å². The Balaban J connectivity index is 1.25. The van der Waals surface area contributed by atoms with Crippen molar-refractivity contribution in [3.8, 4) is 0 Å². The van der Waals surface area contributed by atoms with E-state index in [1.165, 1.54) is 29.2 Å². The number of ether oxygens (including phenoxy) is 1. The number of hydrogen-bond donors (Lipinski definition) is 1. The number of carbonyl (C=O) groups is 3. The molecule has 1 aromatic rings. The van der Waals surface area contributed by atoms with Gasteiger partial charge in [0, 0.05) is 60.2 Å². The van der Waals surface area contributed by atoms with Crippen LogP contribution in [0.25, 0.3) is 0 Å². The van der Waals surface area contributed by atoms with Crippen molar-refractivity contribution in [2.75, 3.05) is 44.3 Å². The van der Waals surface area contributed by atoms with Crippen molar-refractivity contribution in [2.24, 2.45) is 16.8 Å². The lowest BCUT2D eigenvalue weighted by molar-refractivity contribution is -0.137. The highest BCUT2D eigenvalue weighted by Crippen LogP contribution is 2.43. The number of carbonyl (C=O) groups excluding carboxylic acids is 3. The Kier molecular flexibility index (Phi) is 7.13.